The second-order valence-corrected chi connectivity index (χ2v) is 13.3. The number of nitrogens with two attached hydrogens (primary N) is 1. The lowest BCUT2D eigenvalue weighted by molar-refractivity contribution is -0.166. The summed E-state index contributed by atoms with van der Waals surface area (Å²) >= 11 is 0. The smallest absolute Gasteiger partial charge is 0.333 e. The van der Waals surface area contributed by atoms with Gasteiger partial charge in [-0.25, -0.2) is 24.3 Å². The van der Waals surface area contributed by atoms with Crippen LogP contribution in [0.4, 0.5) is 20.6 Å². The number of carbonyl (C=O) groups excluding carboxylic acids is 1. The number of hydrogen-bond donors (Lipinski definition) is 5. The fraction of sp³-hybridized carbons (Fsp3) is 0.429. The van der Waals surface area contributed by atoms with Gasteiger partial charge in [0.25, 0.3) is 10.2 Å². The van der Waals surface area contributed by atoms with Crippen LogP contribution in [0.3, 0.4) is 0 Å². The van der Waals surface area contributed by atoms with Crippen LogP contribution in [-0.4, -0.2) is 52.3 Å². The number of urea groups is 1. The molecule has 2 aliphatic carbocycles. The molecular formula is C28H32FN7O4S. The molecular weight excluding hydrogens is 549 g/mol. The Morgan fingerprint density at radius 1 is 1.12 bits per heavy atom. The number of amides is 2. The van der Waals surface area contributed by atoms with E-state index in [1.807, 2.05) is 15.6 Å². The van der Waals surface area contributed by atoms with E-state index in [4.69, 9.17) is 5.14 Å². The predicted octanol–water partition coefficient (Wildman–Crippen LogP) is 3.33. The van der Waals surface area contributed by atoms with E-state index in [1.54, 1.807) is 30.7 Å². The molecule has 3 aliphatic heterocycles. The summed E-state index contributed by atoms with van der Waals surface area (Å²) in [5.41, 5.74) is 5.88. The molecule has 0 spiro atoms. The number of piperidine rings is 2. The van der Waals surface area contributed by atoms with E-state index in [1.165, 1.54) is 18.2 Å². The van der Waals surface area contributed by atoms with Crippen molar-refractivity contribution in [1.29, 1.82) is 0 Å². The first kappa shape index (κ1) is 26.4. The van der Waals surface area contributed by atoms with E-state index in [0.717, 1.165) is 43.4 Å². The quantitative estimate of drug-likeness (QED) is 0.288. The normalized spacial score (nSPS) is 28.7. The third-order valence-electron chi connectivity index (χ3n) is 9.43. The number of rotatable bonds is 7. The zero-order valence-corrected chi connectivity index (χ0v) is 23.0. The van der Waals surface area contributed by atoms with Crippen LogP contribution < -0.4 is 20.6 Å². The van der Waals surface area contributed by atoms with Crippen LogP contribution in [0.5, 0.6) is 0 Å². The molecule has 13 heteroatoms. The maximum Gasteiger partial charge on any atom is 0.333 e. The Morgan fingerprint density at radius 3 is 2.54 bits per heavy atom. The number of halogens is 1. The molecule has 2 saturated heterocycles. The maximum atomic E-state index is 15.0. The Balaban J connectivity index is 1.03. The molecule has 1 aromatic heterocycles. The van der Waals surface area contributed by atoms with E-state index < -0.39 is 16.3 Å². The minimum absolute atomic E-state index is 0.0967. The number of anilines is 2. The van der Waals surface area contributed by atoms with Crippen molar-refractivity contribution in [3.63, 3.8) is 0 Å². The van der Waals surface area contributed by atoms with Crippen molar-refractivity contribution in [1.82, 2.24) is 20.0 Å². The number of aliphatic hydroxyl groups excluding tert-OH is 1. The summed E-state index contributed by atoms with van der Waals surface area (Å²) in [5, 5.41) is 21.6. The number of aromatic nitrogens is 2. The molecule has 2 amide bonds. The number of nitrogens with zero attached hydrogens (tertiary/aromatic N) is 3. The zero-order chi connectivity index (χ0) is 28.5. The fourth-order valence-electron chi connectivity index (χ4n) is 8.03. The van der Waals surface area contributed by atoms with Gasteiger partial charge in [0.1, 0.15) is 5.82 Å². The summed E-state index contributed by atoms with van der Waals surface area (Å²) in [6.07, 6.45) is 7.60. The molecule has 2 saturated carbocycles. The van der Waals surface area contributed by atoms with E-state index in [9.17, 15) is 18.3 Å². The average Bonchev–Trinajstić information content (AvgIpc) is 3.49. The van der Waals surface area contributed by atoms with Gasteiger partial charge in [-0.15, -0.1) is 0 Å². The van der Waals surface area contributed by atoms with E-state index in [-0.39, 0.29) is 35.4 Å². The van der Waals surface area contributed by atoms with Gasteiger partial charge in [0.15, 0.2) is 0 Å². The minimum Gasteiger partial charge on any atom is -0.392 e. The summed E-state index contributed by atoms with van der Waals surface area (Å²) in [5.74, 6) is 0.212. The maximum absolute atomic E-state index is 15.0. The largest absolute Gasteiger partial charge is 0.392 e. The lowest BCUT2D eigenvalue weighted by Crippen LogP contribution is -2.68. The molecule has 4 heterocycles. The number of nitrogens with one attached hydrogen (secondary N) is 3. The average molecular weight is 582 g/mol. The molecule has 0 radical (unpaired) electrons. The SMILES string of the molecule is NS(=O)(=O)Nc1ccc(NC(=O)NN2C3CC4CC2CC(C(O)CC2c5c(F)cccc5-c5cncn52)(C4)C3)cc1. The Labute approximate surface area is 237 Å². The molecule has 41 heavy (non-hydrogen) atoms. The van der Waals surface area contributed by atoms with Crippen molar-refractivity contribution in [2.75, 3.05) is 10.0 Å². The van der Waals surface area contributed by atoms with Crippen molar-refractivity contribution in [3.05, 3.63) is 66.4 Å². The number of carbonyl (C=O) groups is 1. The van der Waals surface area contributed by atoms with Crippen molar-refractivity contribution < 1.29 is 22.7 Å². The highest BCUT2D eigenvalue weighted by Gasteiger charge is 2.58. The van der Waals surface area contributed by atoms with Crippen LogP contribution in [-0.2, 0) is 10.2 Å². The number of benzene rings is 2. The van der Waals surface area contributed by atoms with Gasteiger partial charge in [-0.1, -0.05) is 12.1 Å². The van der Waals surface area contributed by atoms with Crippen molar-refractivity contribution >= 4 is 27.6 Å². The summed E-state index contributed by atoms with van der Waals surface area (Å²) < 4.78 is 41.6. The van der Waals surface area contributed by atoms with Crippen LogP contribution >= 0.6 is 0 Å². The van der Waals surface area contributed by atoms with Crippen LogP contribution in [0.15, 0.2) is 55.0 Å². The number of fused-ring (bicyclic) bond motifs is 3. The van der Waals surface area contributed by atoms with Crippen LogP contribution in [0.2, 0.25) is 0 Å². The number of aliphatic hydroxyl groups is 1. The lowest BCUT2D eigenvalue weighted by atomic mass is 9.53. The fourth-order valence-corrected chi connectivity index (χ4v) is 8.49. The topological polar surface area (TPSA) is 155 Å². The second kappa shape index (κ2) is 9.51. The van der Waals surface area contributed by atoms with Crippen molar-refractivity contribution in [2.24, 2.45) is 16.5 Å². The highest BCUT2D eigenvalue weighted by atomic mass is 32.2. The highest BCUT2D eigenvalue weighted by Crippen LogP contribution is 2.58. The first-order valence-corrected chi connectivity index (χ1v) is 15.4. The summed E-state index contributed by atoms with van der Waals surface area (Å²) in [6, 6.07) is 10.8. The molecule has 8 rings (SSSR count). The lowest BCUT2D eigenvalue weighted by Gasteiger charge is -2.62. The molecule has 4 unspecified atom stereocenters. The van der Waals surface area contributed by atoms with Gasteiger partial charge in [-0.3, -0.25) is 10.1 Å². The highest BCUT2D eigenvalue weighted by molar-refractivity contribution is 7.90. The first-order chi connectivity index (χ1) is 19.6. The Bertz CT molecular complexity index is 1600. The molecule has 4 bridgehead atoms. The van der Waals surface area contributed by atoms with Gasteiger partial charge in [0.2, 0.25) is 0 Å². The van der Waals surface area contributed by atoms with Gasteiger partial charge in [0, 0.05) is 34.6 Å². The molecule has 3 aromatic rings. The van der Waals surface area contributed by atoms with E-state index in [2.05, 4.69) is 20.4 Å². The number of hydrazine groups is 1. The molecule has 4 atom stereocenters. The summed E-state index contributed by atoms with van der Waals surface area (Å²) in [7, 11) is -3.88. The summed E-state index contributed by atoms with van der Waals surface area (Å²) in [6.45, 7) is 0. The second-order valence-electron chi connectivity index (χ2n) is 12.0. The monoisotopic (exact) mass is 581 g/mol. The van der Waals surface area contributed by atoms with Gasteiger partial charge >= 0.3 is 6.03 Å². The Kier molecular flexibility index (Phi) is 6.12. The molecule has 5 aliphatic rings. The molecule has 4 fully saturated rings. The predicted molar refractivity (Wildman–Crippen MR) is 150 cm³/mol. The van der Waals surface area contributed by atoms with Gasteiger partial charge in [-0.2, -0.15) is 8.42 Å². The Morgan fingerprint density at radius 2 is 1.83 bits per heavy atom. The van der Waals surface area contributed by atoms with Gasteiger partial charge < -0.3 is 15.0 Å². The molecule has 6 N–H and O–H groups in total. The molecule has 2 aromatic carbocycles. The zero-order valence-electron chi connectivity index (χ0n) is 22.2. The van der Waals surface area contributed by atoms with Crippen molar-refractivity contribution in [2.45, 2.75) is 62.8 Å². The third kappa shape index (κ3) is 4.66. The van der Waals surface area contributed by atoms with E-state index >= 15 is 4.39 Å². The van der Waals surface area contributed by atoms with Gasteiger partial charge in [-0.05, 0) is 80.2 Å². The first-order valence-electron chi connectivity index (χ1n) is 13.8. The number of imidazole rings is 1. The van der Waals surface area contributed by atoms with Crippen LogP contribution in [0.1, 0.15) is 50.1 Å². The Hall–Kier alpha value is -3.52. The standard InChI is InChI=1S/C28H32FN7O4S/c29-22-3-1-2-21-24-14-31-15-35(24)23(26(21)22)10-25(37)28-11-16-8-19(12-28)36(20(9-16)13-28)33-27(38)32-17-4-6-18(7-5-17)34-41(30,39)40/h1-7,14-16,19-20,23,25,34,37H,8-13H2,(H2,30,39,40)(H2,32,33,38). The molecule has 216 valence electrons. The third-order valence-corrected chi connectivity index (χ3v) is 9.95. The van der Waals surface area contributed by atoms with Crippen LogP contribution in [0.25, 0.3) is 11.3 Å². The molecule has 11 nitrogen and oxygen atoms in total. The number of hydrogen-bond acceptors (Lipinski definition) is 6. The van der Waals surface area contributed by atoms with E-state index in [0.29, 0.717) is 29.3 Å². The van der Waals surface area contributed by atoms with Crippen LogP contribution in [0, 0.1) is 17.2 Å². The summed E-state index contributed by atoms with van der Waals surface area (Å²) in [4.78, 5) is 17.2. The minimum atomic E-state index is -3.88. The van der Waals surface area contributed by atoms with Gasteiger partial charge in [0.05, 0.1) is 30.4 Å². The van der Waals surface area contributed by atoms with Crippen molar-refractivity contribution in [3.8, 4) is 11.3 Å².